The lowest BCUT2D eigenvalue weighted by atomic mass is 10.1. The van der Waals surface area contributed by atoms with Gasteiger partial charge in [0.15, 0.2) is 0 Å². The summed E-state index contributed by atoms with van der Waals surface area (Å²) >= 11 is 6.07. The lowest BCUT2D eigenvalue weighted by molar-refractivity contribution is 0.778. The Bertz CT molecular complexity index is 757. The standard InChI is InChI=1S/C18H19ClN2/c1-3-14-5-7-15(8-6-14)12-21-17-10-13(2)4-9-16(17)20-18(21)11-19/h4-10H,3,11-12H2,1-2H3. The molecule has 0 N–H and O–H groups in total. The molecule has 3 heteroatoms. The molecule has 3 aromatic rings. The third kappa shape index (κ3) is 2.81. The fraction of sp³-hybridized carbons (Fsp3) is 0.278. The van der Waals surface area contributed by atoms with Crippen LogP contribution in [-0.4, -0.2) is 9.55 Å². The molecule has 0 aliphatic heterocycles. The maximum Gasteiger partial charge on any atom is 0.125 e. The van der Waals surface area contributed by atoms with E-state index in [0.29, 0.717) is 5.88 Å². The molecule has 2 aromatic carbocycles. The highest BCUT2D eigenvalue weighted by molar-refractivity contribution is 6.16. The molecule has 0 aliphatic carbocycles. The molecule has 0 spiro atoms. The van der Waals surface area contributed by atoms with Crippen LogP contribution in [0.3, 0.4) is 0 Å². The maximum absolute atomic E-state index is 6.07. The second-order valence-corrected chi connectivity index (χ2v) is 5.68. The van der Waals surface area contributed by atoms with Crippen molar-refractivity contribution in [1.82, 2.24) is 9.55 Å². The van der Waals surface area contributed by atoms with E-state index in [1.165, 1.54) is 16.7 Å². The molecule has 0 fully saturated rings. The smallest absolute Gasteiger partial charge is 0.125 e. The molecule has 0 unspecified atom stereocenters. The number of halogens is 1. The average molecular weight is 299 g/mol. The third-order valence-electron chi connectivity index (χ3n) is 3.87. The van der Waals surface area contributed by atoms with E-state index >= 15 is 0 Å². The number of fused-ring (bicyclic) bond motifs is 1. The summed E-state index contributed by atoms with van der Waals surface area (Å²) in [6.07, 6.45) is 1.07. The van der Waals surface area contributed by atoms with Crippen LogP contribution in [0.4, 0.5) is 0 Å². The fourth-order valence-electron chi connectivity index (χ4n) is 2.62. The van der Waals surface area contributed by atoms with E-state index < -0.39 is 0 Å². The van der Waals surface area contributed by atoms with E-state index in [-0.39, 0.29) is 0 Å². The van der Waals surface area contributed by atoms with Crippen molar-refractivity contribution in [3.8, 4) is 0 Å². The van der Waals surface area contributed by atoms with Crippen molar-refractivity contribution < 1.29 is 0 Å². The number of aromatic nitrogens is 2. The summed E-state index contributed by atoms with van der Waals surface area (Å²) in [4.78, 5) is 4.63. The Balaban J connectivity index is 2.03. The van der Waals surface area contributed by atoms with E-state index in [1.54, 1.807) is 0 Å². The number of alkyl halides is 1. The number of imidazole rings is 1. The Morgan fingerprint density at radius 3 is 2.43 bits per heavy atom. The summed E-state index contributed by atoms with van der Waals surface area (Å²) in [6.45, 7) is 5.09. The van der Waals surface area contributed by atoms with E-state index in [0.717, 1.165) is 29.8 Å². The van der Waals surface area contributed by atoms with Gasteiger partial charge in [0.2, 0.25) is 0 Å². The normalized spacial score (nSPS) is 11.2. The average Bonchev–Trinajstić information content (AvgIpc) is 2.85. The minimum absolute atomic E-state index is 0.431. The van der Waals surface area contributed by atoms with Crippen molar-refractivity contribution in [2.24, 2.45) is 0 Å². The fourth-order valence-corrected chi connectivity index (χ4v) is 2.83. The van der Waals surface area contributed by atoms with Gasteiger partial charge in [-0.3, -0.25) is 0 Å². The topological polar surface area (TPSA) is 17.8 Å². The lowest BCUT2D eigenvalue weighted by Crippen LogP contribution is -2.04. The van der Waals surface area contributed by atoms with Gasteiger partial charge in [-0.1, -0.05) is 37.3 Å². The zero-order valence-electron chi connectivity index (χ0n) is 12.4. The second kappa shape index (κ2) is 5.90. The molecule has 0 amide bonds. The lowest BCUT2D eigenvalue weighted by Gasteiger charge is -2.09. The van der Waals surface area contributed by atoms with Gasteiger partial charge >= 0.3 is 0 Å². The summed E-state index contributed by atoms with van der Waals surface area (Å²) in [5.41, 5.74) is 6.06. The third-order valence-corrected chi connectivity index (χ3v) is 4.11. The van der Waals surface area contributed by atoms with Gasteiger partial charge in [0.25, 0.3) is 0 Å². The first-order valence-electron chi connectivity index (χ1n) is 7.31. The SMILES string of the molecule is CCc1ccc(Cn2c(CCl)nc3ccc(C)cc32)cc1. The Hall–Kier alpha value is -1.80. The molecule has 1 heterocycles. The zero-order chi connectivity index (χ0) is 14.8. The van der Waals surface area contributed by atoms with Crippen molar-refractivity contribution in [1.29, 1.82) is 0 Å². The van der Waals surface area contributed by atoms with Gasteiger partial charge in [-0.25, -0.2) is 4.98 Å². The molecule has 3 rings (SSSR count). The molecular weight excluding hydrogens is 280 g/mol. The highest BCUT2D eigenvalue weighted by Gasteiger charge is 2.10. The van der Waals surface area contributed by atoms with Crippen LogP contribution in [0.25, 0.3) is 11.0 Å². The van der Waals surface area contributed by atoms with Crippen molar-refractivity contribution in [2.75, 3.05) is 0 Å². The van der Waals surface area contributed by atoms with Crippen LogP contribution in [0.1, 0.15) is 29.4 Å². The molecule has 0 bridgehead atoms. The first kappa shape index (κ1) is 14.2. The Labute approximate surface area is 130 Å². The maximum atomic E-state index is 6.07. The number of rotatable bonds is 4. The van der Waals surface area contributed by atoms with Crippen molar-refractivity contribution in [3.63, 3.8) is 0 Å². The van der Waals surface area contributed by atoms with Gasteiger partial charge in [0, 0.05) is 6.54 Å². The predicted octanol–water partition coefficient (Wildman–Crippen LogP) is 4.69. The summed E-state index contributed by atoms with van der Waals surface area (Å²) in [5, 5.41) is 0. The second-order valence-electron chi connectivity index (χ2n) is 5.41. The molecule has 0 atom stereocenters. The number of hydrogen-bond donors (Lipinski definition) is 0. The highest BCUT2D eigenvalue weighted by Crippen LogP contribution is 2.21. The molecule has 108 valence electrons. The van der Waals surface area contributed by atoms with Gasteiger partial charge < -0.3 is 4.57 Å². The van der Waals surface area contributed by atoms with Crippen LogP contribution in [0.2, 0.25) is 0 Å². The van der Waals surface area contributed by atoms with Crippen molar-refractivity contribution >= 4 is 22.6 Å². The number of aryl methyl sites for hydroxylation is 2. The zero-order valence-corrected chi connectivity index (χ0v) is 13.2. The quantitative estimate of drug-likeness (QED) is 0.639. The van der Waals surface area contributed by atoms with E-state index in [1.807, 2.05) is 0 Å². The van der Waals surface area contributed by atoms with E-state index in [2.05, 4.69) is 65.9 Å². The van der Waals surface area contributed by atoms with Gasteiger partial charge in [-0.15, -0.1) is 11.6 Å². The predicted molar refractivity (Wildman–Crippen MR) is 88.9 cm³/mol. The largest absolute Gasteiger partial charge is 0.322 e. The summed E-state index contributed by atoms with van der Waals surface area (Å²) in [7, 11) is 0. The van der Waals surface area contributed by atoms with E-state index in [4.69, 9.17) is 11.6 Å². The van der Waals surface area contributed by atoms with Crippen molar-refractivity contribution in [3.05, 3.63) is 65.0 Å². The molecule has 21 heavy (non-hydrogen) atoms. The highest BCUT2D eigenvalue weighted by atomic mass is 35.5. The molecular formula is C18H19ClN2. The molecule has 0 saturated carbocycles. The van der Waals surface area contributed by atoms with Gasteiger partial charge in [0.1, 0.15) is 5.82 Å². The first-order chi connectivity index (χ1) is 10.2. The minimum Gasteiger partial charge on any atom is -0.322 e. The first-order valence-corrected chi connectivity index (χ1v) is 7.84. The molecule has 1 aromatic heterocycles. The molecule has 2 nitrogen and oxygen atoms in total. The molecule has 0 saturated heterocycles. The van der Waals surface area contributed by atoms with Crippen LogP contribution in [0, 0.1) is 6.92 Å². The van der Waals surface area contributed by atoms with Crippen LogP contribution < -0.4 is 0 Å². The number of hydrogen-bond acceptors (Lipinski definition) is 1. The van der Waals surface area contributed by atoms with E-state index in [9.17, 15) is 0 Å². The Morgan fingerprint density at radius 1 is 1.05 bits per heavy atom. The summed E-state index contributed by atoms with van der Waals surface area (Å²) in [5.74, 6) is 1.36. The summed E-state index contributed by atoms with van der Waals surface area (Å²) < 4.78 is 2.22. The van der Waals surface area contributed by atoms with Crippen LogP contribution in [0.5, 0.6) is 0 Å². The van der Waals surface area contributed by atoms with Crippen LogP contribution in [0.15, 0.2) is 42.5 Å². The Kier molecular flexibility index (Phi) is 3.98. The number of benzene rings is 2. The van der Waals surface area contributed by atoms with Gasteiger partial charge in [-0.05, 0) is 42.2 Å². The van der Waals surface area contributed by atoms with Crippen LogP contribution >= 0.6 is 11.6 Å². The van der Waals surface area contributed by atoms with Crippen LogP contribution in [-0.2, 0) is 18.8 Å². The number of nitrogens with zero attached hydrogens (tertiary/aromatic N) is 2. The summed E-state index contributed by atoms with van der Waals surface area (Å²) in [6, 6.07) is 15.1. The van der Waals surface area contributed by atoms with Gasteiger partial charge in [0.05, 0.1) is 16.9 Å². The molecule has 0 aliphatic rings. The monoisotopic (exact) mass is 298 g/mol. The minimum atomic E-state index is 0.431. The molecule has 0 radical (unpaired) electrons. The van der Waals surface area contributed by atoms with Crippen molar-refractivity contribution in [2.45, 2.75) is 32.7 Å². The van der Waals surface area contributed by atoms with Gasteiger partial charge in [-0.2, -0.15) is 0 Å². The Morgan fingerprint density at radius 2 is 1.76 bits per heavy atom.